The summed E-state index contributed by atoms with van der Waals surface area (Å²) in [6, 6.07) is 5.98. The first-order chi connectivity index (χ1) is 13.3. The van der Waals surface area contributed by atoms with E-state index in [1.165, 1.54) is 0 Å². The number of rotatable bonds is 6. The van der Waals surface area contributed by atoms with Gasteiger partial charge in [-0.15, -0.1) is 16.4 Å². The minimum atomic E-state index is 0.0996. The molecule has 0 aliphatic carbocycles. The van der Waals surface area contributed by atoms with Crippen molar-refractivity contribution in [2.45, 2.75) is 31.8 Å². The van der Waals surface area contributed by atoms with Crippen molar-refractivity contribution in [3.63, 3.8) is 0 Å². The minimum Gasteiger partial charge on any atom is -0.497 e. The Morgan fingerprint density at radius 1 is 1.33 bits per heavy atom. The lowest BCUT2D eigenvalue weighted by Crippen LogP contribution is -2.42. The van der Waals surface area contributed by atoms with Crippen LogP contribution in [0.25, 0.3) is 10.2 Å². The van der Waals surface area contributed by atoms with E-state index in [4.69, 9.17) is 4.74 Å². The molecule has 0 spiro atoms. The molecule has 1 unspecified atom stereocenters. The second kappa shape index (κ2) is 8.01. The van der Waals surface area contributed by atoms with Gasteiger partial charge in [-0.3, -0.25) is 0 Å². The molecule has 4 rings (SSSR count). The molecule has 142 valence electrons. The topological polar surface area (TPSA) is 96.3 Å². The average Bonchev–Trinajstić information content (AvgIpc) is 3.14. The number of anilines is 2. The number of nitrogens with zero attached hydrogens (tertiary/aromatic N) is 5. The van der Waals surface area contributed by atoms with Crippen LogP contribution in [0.3, 0.4) is 0 Å². The molecular formula is C18H22N6O2S. The molecule has 0 radical (unpaired) electrons. The number of piperidine rings is 1. The van der Waals surface area contributed by atoms with Gasteiger partial charge in [0.1, 0.15) is 10.8 Å². The van der Waals surface area contributed by atoms with Gasteiger partial charge < -0.3 is 20.1 Å². The van der Waals surface area contributed by atoms with E-state index in [1.54, 1.807) is 24.6 Å². The summed E-state index contributed by atoms with van der Waals surface area (Å²) in [6.07, 6.45) is 4.85. The van der Waals surface area contributed by atoms with Gasteiger partial charge in [-0.25, -0.2) is 4.98 Å². The Bertz CT molecular complexity index is 918. The summed E-state index contributed by atoms with van der Waals surface area (Å²) in [4.78, 5) is 11.3. The maximum Gasteiger partial charge on any atom is 0.245 e. The Morgan fingerprint density at radius 2 is 2.26 bits per heavy atom. The molecule has 1 aliphatic rings. The summed E-state index contributed by atoms with van der Waals surface area (Å²) in [5, 5.41) is 21.9. The summed E-state index contributed by atoms with van der Waals surface area (Å²) >= 11 is 1.62. The Hall–Kier alpha value is -2.52. The highest BCUT2D eigenvalue weighted by Gasteiger charge is 2.23. The lowest BCUT2D eigenvalue weighted by Gasteiger charge is -2.35. The van der Waals surface area contributed by atoms with Gasteiger partial charge in [0.25, 0.3) is 0 Å². The zero-order valence-corrected chi connectivity index (χ0v) is 15.9. The van der Waals surface area contributed by atoms with Crippen LogP contribution in [0.5, 0.6) is 5.75 Å². The van der Waals surface area contributed by atoms with E-state index >= 15 is 0 Å². The van der Waals surface area contributed by atoms with Gasteiger partial charge >= 0.3 is 0 Å². The van der Waals surface area contributed by atoms with Gasteiger partial charge in [0, 0.05) is 12.6 Å². The minimum absolute atomic E-state index is 0.0996. The molecular weight excluding hydrogens is 364 g/mol. The largest absolute Gasteiger partial charge is 0.497 e. The highest BCUT2D eigenvalue weighted by molar-refractivity contribution is 7.18. The number of hydrogen-bond acceptors (Lipinski definition) is 9. The van der Waals surface area contributed by atoms with Gasteiger partial charge in [-0.1, -0.05) is 0 Å². The first-order valence-corrected chi connectivity index (χ1v) is 9.83. The van der Waals surface area contributed by atoms with Crippen molar-refractivity contribution in [1.29, 1.82) is 0 Å². The van der Waals surface area contributed by atoms with Crippen LogP contribution in [-0.2, 0) is 6.54 Å². The van der Waals surface area contributed by atoms with Crippen LogP contribution in [0, 0.1) is 0 Å². The van der Waals surface area contributed by atoms with E-state index in [-0.39, 0.29) is 12.6 Å². The predicted octanol–water partition coefficient (Wildman–Crippen LogP) is 2.45. The number of ether oxygens (including phenoxy) is 1. The molecule has 27 heavy (non-hydrogen) atoms. The molecule has 1 aliphatic heterocycles. The van der Waals surface area contributed by atoms with E-state index in [0.29, 0.717) is 12.5 Å². The Balaban J connectivity index is 1.47. The summed E-state index contributed by atoms with van der Waals surface area (Å²) in [7, 11) is 1.65. The number of nitrogens with one attached hydrogen (secondary N) is 1. The molecule has 0 amide bonds. The number of fused-ring (bicyclic) bond motifs is 1. The number of benzene rings is 1. The standard InChI is InChI=1S/C18H22N6O2S/c1-26-13-5-6-15-14(8-13)21-17(27-15)10-19-18-22-16(9-20-23-18)24-7-3-2-4-12(24)11-25/h5-6,8-9,12,25H,2-4,7,10-11H2,1H3,(H,19,22,23). The molecule has 3 heterocycles. The maximum absolute atomic E-state index is 9.61. The van der Waals surface area contributed by atoms with Crippen LogP contribution < -0.4 is 15.0 Å². The number of hydrogen-bond donors (Lipinski definition) is 2. The monoisotopic (exact) mass is 386 g/mol. The zero-order valence-electron chi connectivity index (χ0n) is 15.1. The summed E-state index contributed by atoms with van der Waals surface area (Å²) in [6.45, 7) is 1.53. The first kappa shape index (κ1) is 17.9. The van der Waals surface area contributed by atoms with Crippen LogP contribution in [0.1, 0.15) is 24.3 Å². The first-order valence-electron chi connectivity index (χ1n) is 9.01. The van der Waals surface area contributed by atoms with E-state index in [9.17, 15) is 5.11 Å². The normalized spacial score (nSPS) is 17.3. The smallest absolute Gasteiger partial charge is 0.245 e. The van der Waals surface area contributed by atoms with Crippen molar-refractivity contribution in [1.82, 2.24) is 20.2 Å². The Morgan fingerprint density at radius 3 is 3.11 bits per heavy atom. The highest BCUT2D eigenvalue weighted by atomic mass is 32.1. The third-order valence-electron chi connectivity index (χ3n) is 4.72. The summed E-state index contributed by atoms with van der Waals surface area (Å²) < 4.78 is 6.36. The van der Waals surface area contributed by atoms with Crippen molar-refractivity contribution in [2.75, 3.05) is 30.5 Å². The average molecular weight is 386 g/mol. The molecule has 8 nitrogen and oxygen atoms in total. The molecule has 0 saturated carbocycles. The zero-order chi connectivity index (χ0) is 18.6. The van der Waals surface area contributed by atoms with Crippen LogP contribution in [0.2, 0.25) is 0 Å². The van der Waals surface area contributed by atoms with E-state index < -0.39 is 0 Å². The van der Waals surface area contributed by atoms with E-state index in [2.05, 4.69) is 30.4 Å². The van der Waals surface area contributed by atoms with E-state index in [1.807, 2.05) is 18.2 Å². The number of aliphatic hydroxyl groups excluding tert-OH is 1. The fraction of sp³-hybridized carbons (Fsp3) is 0.444. The SMILES string of the molecule is COc1ccc2sc(CNc3nncc(N4CCCCC4CO)n3)nc2c1. The second-order valence-electron chi connectivity index (χ2n) is 6.46. The number of aliphatic hydroxyl groups is 1. The van der Waals surface area contributed by atoms with Crippen molar-refractivity contribution in [3.8, 4) is 5.75 Å². The Kier molecular flexibility index (Phi) is 5.30. The van der Waals surface area contributed by atoms with Gasteiger partial charge in [0.15, 0.2) is 5.82 Å². The van der Waals surface area contributed by atoms with E-state index in [0.717, 1.165) is 52.6 Å². The molecule has 3 aromatic rings. The maximum atomic E-state index is 9.61. The fourth-order valence-corrected chi connectivity index (χ4v) is 4.20. The lowest BCUT2D eigenvalue weighted by molar-refractivity contribution is 0.239. The summed E-state index contributed by atoms with van der Waals surface area (Å²) in [5.74, 6) is 2.01. The summed E-state index contributed by atoms with van der Waals surface area (Å²) in [5.41, 5.74) is 0.919. The van der Waals surface area contributed by atoms with Crippen molar-refractivity contribution in [2.24, 2.45) is 0 Å². The number of aromatic nitrogens is 4. The lowest BCUT2D eigenvalue weighted by atomic mass is 10.0. The van der Waals surface area contributed by atoms with Gasteiger partial charge in [-0.05, 0) is 31.4 Å². The second-order valence-corrected chi connectivity index (χ2v) is 7.57. The highest BCUT2D eigenvalue weighted by Crippen LogP contribution is 2.26. The quantitative estimate of drug-likeness (QED) is 0.667. The molecule has 2 N–H and O–H groups in total. The molecule has 9 heteroatoms. The van der Waals surface area contributed by atoms with Crippen LogP contribution >= 0.6 is 11.3 Å². The third kappa shape index (κ3) is 3.93. The van der Waals surface area contributed by atoms with Crippen LogP contribution in [0.15, 0.2) is 24.4 Å². The molecule has 1 atom stereocenters. The van der Waals surface area contributed by atoms with Crippen LogP contribution in [-0.4, -0.2) is 51.6 Å². The molecule has 1 aromatic carbocycles. The van der Waals surface area contributed by atoms with Crippen LogP contribution in [0.4, 0.5) is 11.8 Å². The Labute approximate surface area is 161 Å². The molecule has 2 aromatic heterocycles. The fourth-order valence-electron chi connectivity index (χ4n) is 3.31. The van der Waals surface area contributed by atoms with Crippen molar-refractivity contribution < 1.29 is 9.84 Å². The van der Waals surface area contributed by atoms with Crippen molar-refractivity contribution in [3.05, 3.63) is 29.4 Å². The molecule has 1 fully saturated rings. The number of thiazole rings is 1. The molecule has 1 saturated heterocycles. The third-order valence-corrected chi connectivity index (χ3v) is 5.75. The van der Waals surface area contributed by atoms with Gasteiger partial charge in [-0.2, -0.15) is 10.1 Å². The predicted molar refractivity (Wildman–Crippen MR) is 105 cm³/mol. The van der Waals surface area contributed by atoms with Gasteiger partial charge in [0.2, 0.25) is 5.95 Å². The van der Waals surface area contributed by atoms with Crippen molar-refractivity contribution >= 4 is 33.3 Å². The number of methoxy groups -OCH3 is 1. The molecule has 0 bridgehead atoms. The van der Waals surface area contributed by atoms with Gasteiger partial charge in [0.05, 0.1) is 42.7 Å².